The van der Waals surface area contributed by atoms with Gasteiger partial charge >= 0.3 is 0 Å². The number of nitrogens with zero attached hydrogens (tertiary/aromatic N) is 3. The number of rotatable bonds is 4. The third-order valence-corrected chi connectivity index (χ3v) is 7.08. The number of aryl methyl sites for hydroxylation is 1. The summed E-state index contributed by atoms with van der Waals surface area (Å²) in [6, 6.07) is 16.8. The molecule has 5 rings (SSSR count). The van der Waals surface area contributed by atoms with Crippen molar-refractivity contribution >= 4 is 50.7 Å². The number of anilines is 2. The summed E-state index contributed by atoms with van der Waals surface area (Å²) in [4.78, 5) is 33.4. The van der Waals surface area contributed by atoms with Gasteiger partial charge in [0.15, 0.2) is 0 Å². The minimum absolute atomic E-state index is 0.0390. The number of fused-ring (bicyclic) bond motifs is 1. The first-order valence-electron chi connectivity index (χ1n) is 10.9. The van der Waals surface area contributed by atoms with Crippen molar-refractivity contribution in [1.29, 1.82) is 0 Å². The van der Waals surface area contributed by atoms with Crippen LogP contribution < -0.4 is 15.8 Å². The Morgan fingerprint density at radius 2 is 1.88 bits per heavy atom. The van der Waals surface area contributed by atoms with Crippen molar-refractivity contribution in [2.45, 2.75) is 19.8 Å². The number of halogens is 1. The van der Waals surface area contributed by atoms with Crippen LogP contribution >= 0.6 is 22.9 Å². The molecule has 168 valence electrons. The first kappa shape index (κ1) is 21.7. The third kappa shape index (κ3) is 4.38. The molecule has 1 atom stereocenters. The highest BCUT2D eigenvalue weighted by molar-refractivity contribution is 7.17. The molecule has 1 saturated heterocycles. The Morgan fingerprint density at radius 1 is 1.12 bits per heavy atom. The van der Waals surface area contributed by atoms with Crippen LogP contribution in [0.3, 0.4) is 0 Å². The van der Waals surface area contributed by atoms with Crippen molar-refractivity contribution in [2.75, 3.05) is 23.3 Å². The second-order valence-electron chi connectivity index (χ2n) is 8.30. The SMILES string of the molecule is Cc1ccc(-n2c(N3CCC[C@@H](C(=O)Nc4ccc(Cl)cc4)C3)nc3ccsc3c2=O)cc1. The molecule has 1 N–H and O–H groups in total. The zero-order valence-electron chi connectivity index (χ0n) is 18.1. The number of hydrogen-bond acceptors (Lipinski definition) is 5. The lowest BCUT2D eigenvalue weighted by molar-refractivity contribution is -0.120. The second kappa shape index (κ2) is 9.00. The number of piperidine rings is 1. The maximum Gasteiger partial charge on any atom is 0.277 e. The zero-order chi connectivity index (χ0) is 22.9. The number of carbonyl (C=O) groups is 1. The quantitative estimate of drug-likeness (QED) is 0.434. The fraction of sp³-hybridized carbons (Fsp3) is 0.240. The molecular weight excluding hydrogens is 456 g/mol. The van der Waals surface area contributed by atoms with Gasteiger partial charge in [-0.1, -0.05) is 29.3 Å². The molecule has 1 aliphatic rings. The van der Waals surface area contributed by atoms with Crippen molar-refractivity contribution < 1.29 is 4.79 Å². The van der Waals surface area contributed by atoms with Gasteiger partial charge in [-0.25, -0.2) is 9.55 Å². The van der Waals surface area contributed by atoms with E-state index in [0.29, 0.717) is 27.7 Å². The highest BCUT2D eigenvalue weighted by atomic mass is 35.5. The lowest BCUT2D eigenvalue weighted by Crippen LogP contribution is -2.43. The fourth-order valence-corrected chi connectivity index (χ4v) is 5.08. The van der Waals surface area contributed by atoms with Crippen LogP contribution in [-0.4, -0.2) is 28.5 Å². The van der Waals surface area contributed by atoms with E-state index in [1.165, 1.54) is 11.3 Å². The highest BCUT2D eigenvalue weighted by Gasteiger charge is 2.29. The van der Waals surface area contributed by atoms with Crippen molar-refractivity contribution in [3.05, 3.63) is 80.9 Å². The summed E-state index contributed by atoms with van der Waals surface area (Å²) < 4.78 is 2.31. The number of thiophene rings is 1. The number of nitrogens with one attached hydrogen (secondary N) is 1. The van der Waals surface area contributed by atoms with Gasteiger partial charge in [-0.05, 0) is 67.6 Å². The Bertz CT molecular complexity index is 1360. The molecule has 33 heavy (non-hydrogen) atoms. The van der Waals surface area contributed by atoms with Crippen molar-refractivity contribution in [3.63, 3.8) is 0 Å². The van der Waals surface area contributed by atoms with Crippen LogP contribution in [0.15, 0.2) is 64.8 Å². The molecule has 0 unspecified atom stereocenters. The summed E-state index contributed by atoms with van der Waals surface area (Å²) in [5.74, 6) is 0.331. The normalized spacial score (nSPS) is 16.2. The summed E-state index contributed by atoms with van der Waals surface area (Å²) in [7, 11) is 0. The van der Waals surface area contributed by atoms with Gasteiger partial charge < -0.3 is 10.2 Å². The molecule has 0 bridgehead atoms. The van der Waals surface area contributed by atoms with Gasteiger partial charge in [0.25, 0.3) is 5.56 Å². The van der Waals surface area contributed by atoms with E-state index in [2.05, 4.69) is 10.2 Å². The smallest absolute Gasteiger partial charge is 0.277 e. The van der Waals surface area contributed by atoms with Crippen molar-refractivity contribution in [3.8, 4) is 5.69 Å². The summed E-state index contributed by atoms with van der Waals surface area (Å²) in [6.07, 6.45) is 1.62. The van der Waals surface area contributed by atoms with Crippen molar-refractivity contribution in [2.24, 2.45) is 5.92 Å². The van der Waals surface area contributed by atoms with E-state index in [-0.39, 0.29) is 17.4 Å². The molecule has 2 aromatic carbocycles. The number of amides is 1. The Morgan fingerprint density at radius 3 is 2.64 bits per heavy atom. The molecule has 3 heterocycles. The molecule has 2 aromatic heterocycles. The van der Waals surface area contributed by atoms with E-state index < -0.39 is 0 Å². The molecule has 8 heteroatoms. The van der Waals surface area contributed by atoms with Crippen LogP contribution in [-0.2, 0) is 4.79 Å². The first-order valence-corrected chi connectivity index (χ1v) is 12.1. The Hall–Kier alpha value is -3.16. The van der Waals surface area contributed by atoms with Gasteiger partial charge in [0, 0.05) is 23.8 Å². The molecule has 4 aromatic rings. The Kier molecular flexibility index (Phi) is 5.91. The third-order valence-electron chi connectivity index (χ3n) is 5.94. The average molecular weight is 479 g/mol. The molecule has 0 radical (unpaired) electrons. The van der Waals surface area contributed by atoms with Crippen LogP contribution in [0.2, 0.25) is 5.02 Å². The largest absolute Gasteiger partial charge is 0.341 e. The topological polar surface area (TPSA) is 67.2 Å². The predicted molar refractivity (Wildman–Crippen MR) is 135 cm³/mol. The lowest BCUT2D eigenvalue weighted by Gasteiger charge is -2.34. The average Bonchev–Trinajstić information content (AvgIpc) is 3.31. The molecule has 1 amide bonds. The van der Waals surface area contributed by atoms with Gasteiger partial charge in [-0.15, -0.1) is 11.3 Å². The molecule has 1 fully saturated rings. The van der Waals surface area contributed by atoms with E-state index >= 15 is 0 Å². The maximum absolute atomic E-state index is 13.4. The maximum atomic E-state index is 13.4. The molecule has 0 aliphatic carbocycles. The van der Waals surface area contributed by atoms with Crippen LogP contribution in [0.1, 0.15) is 18.4 Å². The van der Waals surface area contributed by atoms with Gasteiger partial charge in [0.2, 0.25) is 11.9 Å². The summed E-state index contributed by atoms with van der Waals surface area (Å²) >= 11 is 7.35. The van der Waals surface area contributed by atoms with Crippen LogP contribution in [0.25, 0.3) is 15.9 Å². The second-order valence-corrected chi connectivity index (χ2v) is 9.66. The summed E-state index contributed by atoms with van der Waals surface area (Å²) in [5.41, 5.74) is 3.22. The van der Waals surface area contributed by atoms with Crippen molar-refractivity contribution in [1.82, 2.24) is 9.55 Å². The van der Waals surface area contributed by atoms with Gasteiger partial charge in [-0.2, -0.15) is 0 Å². The van der Waals surface area contributed by atoms with E-state index in [0.717, 1.165) is 36.3 Å². The first-order chi connectivity index (χ1) is 16.0. The van der Waals surface area contributed by atoms with E-state index in [1.54, 1.807) is 28.8 Å². The van der Waals surface area contributed by atoms with E-state index in [9.17, 15) is 9.59 Å². The van der Waals surface area contributed by atoms with Gasteiger partial charge in [0.05, 0.1) is 17.1 Å². The monoisotopic (exact) mass is 478 g/mol. The highest BCUT2D eigenvalue weighted by Crippen LogP contribution is 2.27. The Balaban J connectivity index is 1.48. The molecule has 1 aliphatic heterocycles. The summed E-state index contributed by atoms with van der Waals surface area (Å²) in [5, 5.41) is 5.50. The summed E-state index contributed by atoms with van der Waals surface area (Å²) in [6.45, 7) is 3.24. The fourth-order valence-electron chi connectivity index (χ4n) is 4.19. The minimum Gasteiger partial charge on any atom is -0.341 e. The molecule has 0 saturated carbocycles. The van der Waals surface area contributed by atoms with Crippen LogP contribution in [0, 0.1) is 12.8 Å². The minimum atomic E-state index is -0.212. The number of aromatic nitrogens is 2. The number of hydrogen-bond donors (Lipinski definition) is 1. The number of carbonyl (C=O) groups excluding carboxylic acids is 1. The molecule has 0 spiro atoms. The Labute approximate surface area is 200 Å². The number of benzene rings is 2. The van der Waals surface area contributed by atoms with Crippen LogP contribution in [0.4, 0.5) is 11.6 Å². The standard InChI is InChI=1S/C25H23ClN4O2S/c1-16-4-10-20(11-5-16)30-24(32)22-21(12-14-33-22)28-25(30)29-13-2-3-17(15-29)23(31)27-19-8-6-18(26)7-9-19/h4-12,14,17H,2-3,13,15H2,1H3,(H,27,31)/t17-/m1/s1. The van der Waals surface area contributed by atoms with E-state index in [1.807, 2.05) is 42.6 Å². The zero-order valence-corrected chi connectivity index (χ0v) is 19.7. The lowest BCUT2D eigenvalue weighted by atomic mass is 9.97. The molecule has 6 nitrogen and oxygen atoms in total. The predicted octanol–water partition coefficient (Wildman–Crippen LogP) is 5.26. The van der Waals surface area contributed by atoms with E-state index in [4.69, 9.17) is 16.6 Å². The molecular formula is C25H23ClN4O2S. The van der Waals surface area contributed by atoms with Crippen LogP contribution in [0.5, 0.6) is 0 Å². The van der Waals surface area contributed by atoms with Gasteiger partial charge in [-0.3, -0.25) is 9.59 Å². The van der Waals surface area contributed by atoms with Gasteiger partial charge in [0.1, 0.15) is 4.70 Å².